The number of hydrogen-bond acceptors (Lipinski definition) is 3. The van der Waals surface area contributed by atoms with E-state index in [2.05, 4.69) is 10.4 Å². The van der Waals surface area contributed by atoms with Crippen LogP contribution in [-0.4, -0.2) is 32.8 Å². The van der Waals surface area contributed by atoms with Crippen LogP contribution in [0.3, 0.4) is 0 Å². The summed E-state index contributed by atoms with van der Waals surface area (Å²) in [5.41, 5.74) is 0.751. The molecule has 1 rings (SSSR count). The van der Waals surface area contributed by atoms with Crippen molar-refractivity contribution in [2.45, 2.75) is 32.7 Å². The second-order valence-corrected chi connectivity index (χ2v) is 4.71. The Labute approximate surface area is 106 Å². The summed E-state index contributed by atoms with van der Waals surface area (Å²) >= 11 is 0. The fraction of sp³-hybridized carbons (Fsp3) is 0.583. The number of aryl methyl sites for hydroxylation is 1. The molecule has 2 N–H and O–H groups in total. The topological polar surface area (TPSA) is 84.2 Å². The first-order chi connectivity index (χ1) is 8.40. The SMILES string of the molecule is CC(C)C[C@H](NC(=O)Cc1ccnn1C)C(=O)O. The highest BCUT2D eigenvalue weighted by Crippen LogP contribution is 2.06. The zero-order valence-electron chi connectivity index (χ0n) is 10.9. The van der Waals surface area contributed by atoms with Crippen molar-refractivity contribution < 1.29 is 14.7 Å². The molecule has 1 atom stereocenters. The van der Waals surface area contributed by atoms with Gasteiger partial charge >= 0.3 is 5.97 Å². The Morgan fingerprint density at radius 3 is 2.61 bits per heavy atom. The number of carboxylic acid groups (broad SMARTS) is 1. The zero-order valence-corrected chi connectivity index (χ0v) is 10.9. The molecular weight excluding hydrogens is 234 g/mol. The highest BCUT2D eigenvalue weighted by atomic mass is 16.4. The van der Waals surface area contributed by atoms with Gasteiger partial charge in [-0.25, -0.2) is 4.79 Å². The Bertz CT molecular complexity index is 426. The van der Waals surface area contributed by atoms with Crippen LogP contribution < -0.4 is 5.32 Å². The number of aromatic nitrogens is 2. The van der Waals surface area contributed by atoms with Crippen LogP contribution in [0.2, 0.25) is 0 Å². The maximum atomic E-state index is 11.7. The van der Waals surface area contributed by atoms with E-state index in [0.29, 0.717) is 6.42 Å². The molecule has 6 nitrogen and oxygen atoms in total. The Kier molecular flexibility index (Phi) is 4.88. The lowest BCUT2D eigenvalue weighted by atomic mass is 10.0. The van der Waals surface area contributed by atoms with Crippen molar-refractivity contribution in [3.05, 3.63) is 18.0 Å². The normalized spacial score (nSPS) is 12.4. The summed E-state index contributed by atoms with van der Waals surface area (Å²) in [5, 5.41) is 15.5. The van der Waals surface area contributed by atoms with Gasteiger partial charge in [-0.15, -0.1) is 0 Å². The lowest BCUT2D eigenvalue weighted by Gasteiger charge is -2.16. The number of aliphatic carboxylic acids is 1. The first-order valence-corrected chi connectivity index (χ1v) is 5.89. The van der Waals surface area contributed by atoms with Crippen molar-refractivity contribution in [1.29, 1.82) is 0 Å². The van der Waals surface area contributed by atoms with E-state index in [1.54, 1.807) is 24.0 Å². The van der Waals surface area contributed by atoms with Crippen molar-refractivity contribution in [3.8, 4) is 0 Å². The largest absolute Gasteiger partial charge is 0.480 e. The van der Waals surface area contributed by atoms with Gasteiger partial charge in [-0.05, 0) is 18.4 Å². The molecule has 1 heterocycles. The molecule has 0 bridgehead atoms. The summed E-state index contributed by atoms with van der Waals surface area (Å²) in [4.78, 5) is 22.8. The maximum absolute atomic E-state index is 11.7. The highest BCUT2D eigenvalue weighted by molar-refractivity contribution is 5.84. The number of hydrogen-bond donors (Lipinski definition) is 2. The van der Waals surface area contributed by atoms with Gasteiger partial charge in [0.1, 0.15) is 6.04 Å². The van der Waals surface area contributed by atoms with E-state index in [9.17, 15) is 9.59 Å². The van der Waals surface area contributed by atoms with Crippen LogP contribution in [0.4, 0.5) is 0 Å². The first kappa shape index (κ1) is 14.2. The minimum absolute atomic E-state index is 0.137. The van der Waals surface area contributed by atoms with Gasteiger partial charge in [-0.3, -0.25) is 9.48 Å². The van der Waals surface area contributed by atoms with Crippen LogP contribution in [0.1, 0.15) is 26.0 Å². The average Bonchev–Trinajstić information content (AvgIpc) is 2.62. The fourth-order valence-electron chi connectivity index (χ4n) is 1.68. The van der Waals surface area contributed by atoms with Crippen LogP contribution in [0.15, 0.2) is 12.3 Å². The van der Waals surface area contributed by atoms with Gasteiger partial charge in [0.25, 0.3) is 0 Å². The van der Waals surface area contributed by atoms with Gasteiger partial charge in [-0.1, -0.05) is 13.8 Å². The van der Waals surface area contributed by atoms with E-state index in [0.717, 1.165) is 5.69 Å². The number of carbonyl (C=O) groups is 2. The van der Waals surface area contributed by atoms with Crippen molar-refractivity contribution in [2.75, 3.05) is 0 Å². The minimum Gasteiger partial charge on any atom is -0.480 e. The second kappa shape index (κ2) is 6.18. The molecule has 1 aromatic heterocycles. The third-order valence-electron chi connectivity index (χ3n) is 2.60. The van der Waals surface area contributed by atoms with Crippen molar-refractivity contribution >= 4 is 11.9 Å². The van der Waals surface area contributed by atoms with Crippen LogP contribution in [0.25, 0.3) is 0 Å². The maximum Gasteiger partial charge on any atom is 0.326 e. The summed E-state index contributed by atoms with van der Waals surface area (Å²) < 4.78 is 1.60. The van der Waals surface area contributed by atoms with E-state index in [1.807, 2.05) is 13.8 Å². The lowest BCUT2D eigenvalue weighted by Crippen LogP contribution is -2.42. The molecule has 1 aromatic rings. The van der Waals surface area contributed by atoms with Crippen molar-refractivity contribution in [3.63, 3.8) is 0 Å². The first-order valence-electron chi connectivity index (χ1n) is 5.89. The van der Waals surface area contributed by atoms with Crippen LogP contribution >= 0.6 is 0 Å². The summed E-state index contributed by atoms with van der Waals surface area (Å²) in [7, 11) is 1.74. The van der Waals surface area contributed by atoms with Gasteiger partial charge in [-0.2, -0.15) is 5.10 Å². The molecule has 0 saturated carbocycles. The molecular formula is C12H19N3O3. The molecule has 0 aliphatic rings. The standard InChI is InChI=1S/C12H19N3O3/c1-8(2)6-10(12(17)18)14-11(16)7-9-4-5-13-15(9)3/h4-5,8,10H,6-7H2,1-3H3,(H,14,16)(H,17,18)/t10-/m0/s1. The van der Waals surface area contributed by atoms with Gasteiger partial charge in [0.2, 0.25) is 5.91 Å². The van der Waals surface area contributed by atoms with E-state index in [1.165, 1.54) is 0 Å². The molecule has 0 aliphatic carbocycles. The molecule has 100 valence electrons. The molecule has 0 spiro atoms. The van der Waals surface area contributed by atoms with Crippen LogP contribution in [0, 0.1) is 5.92 Å². The highest BCUT2D eigenvalue weighted by Gasteiger charge is 2.21. The third-order valence-corrected chi connectivity index (χ3v) is 2.60. The third kappa shape index (κ3) is 4.20. The van der Waals surface area contributed by atoms with E-state index in [-0.39, 0.29) is 18.2 Å². The Hall–Kier alpha value is -1.85. The average molecular weight is 253 g/mol. The van der Waals surface area contributed by atoms with Crippen LogP contribution in [-0.2, 0) is 23.1 Å². The number of rotatable bonds is 6. The molecule has 0 aliphatic heterocycles. The van der Waals surface area contributed by atoms with E-state index in [4.69, 9.17) is 5.11 Å². The predicted molar refractivity (Wildman–Crippen MR) is 65.9 cm³/mol. The van der Waals surface area contributed by atoms with E-state index >= 15 is 0 Å². The quantitative estimate of drug-likeness (QED) is 0.776. The van der Waals surface area contributed by atoms with E-state index < -0.39 is 12.0 Å². The molecule has 18 heavy (non-hydrogen) atoms. The van der Waals surface area contributed by atoms with Gasteiger partial charge in [0, 0.05) is 18.9 Å². The molecule has 0 unspecified atom stereocenters. The van der Waals surface area contributed by atoms with Crippen molar-refractivity contribution in [1.82, 2.24) is 15.1 Å². The number of nitrogens with zero attached hydrogens (tertiary/aromatic N) is 2. The number of amides is 1. The summed E-state index contributed by atoms with van der Waals surface area (Å²) in [5.74, 6) is -1.09. The summed E-state index contributed by atoms with van der Waals surface area (Å²) in [6.07, 6.45) is 2.16. The number of carbonyl (C=O) groups excluding carboxylic acids is 1. The fourth-order valence-corrected chi connectivity index (χ4v) is 1.68. The smallest absolute Gasteiger partial charge is 0.326 e. The second-order valence-electron chi connectivity index (χ2n) is 4.71. The Balaban J connectivity index is 2.56. The van der Waals surface area contributed by atoms with Gasteiger partial charge in [0.05, 0.1) is 6.42 Å². The number of nitrogens with one attached hydrogen (secondary N) is 1. The van der Waals surface area contributed by atoms with Gasteiger partial charge in [0.15, 0.2) is 0 Å². The van der Waals surface area contributed by atoms with Gasteiger partial charge < -0.3 is 10.4 Å². The summed E-state index contributed by atoms with van der Waals surface area (Å²) in [6.45, 7) is 3.84. The summed E-state index contributed by atoms with van der Waals surface area (Å²) in [6, 6.07) is 0.906. The zero-order chi connectivity index (χ0) is 13.7. The molecule has 6 heteroatoms. The predicted octanol–water partition coefficient (Wildman–Crippen LogP) is 0.578. The Morgan fingerprint density at radius 1 is 1.50 bits per heavy atom. The molecule has 0 fully saturated rings. The molecule has 0 saturated heterocycles. The monoisotopic (exact) mass is 253 g/mol. The minimum atomic E-state index is -0.998. The Morgan fingerprint density at radius 2 is 2.17 bits per heavy atom. The molecule has 1 amide bonds. The van der Waals surface area contributed by atoms with Crippen molar-refractivity contribution in [2.24, 2.45) is 13.0 Å². The molecule has 0 aromatic carbocycles. The molecule has 0 radical (unpaired) electrons. The number of carboxylic acids is 1. The lowest BCUT2D eigenvalue weighted by molar-refractivity contribution is -0.142. The van der Waals surface area contributed by atoms with Crippen LogP contribution in [0.5, 0.6) is 0 Å².